The van der Waals surface area contributed by atoms with Crippen LogP contribution >= 0.6 is 11.8 Å². The molecule has 1 saturated heterocycles. The third-order valence-electron chi connectivity index (χ3n) is 2.78. The average molecular weight is 351 g/mol. The van der Waals surface area contributed by atoms with Crippen molar-refractivity contribution < 1.29 is 23.8 Å². The number of esters is 1. The molecular formula is C15H17N3O5S. The van der Waals surface area contributed by atoms with E-state index in [1.165, 1.54) is 25.1 Å². The first-order valence-electron chi connectivity index (χ1n) is 7.12. The number of nitrogens with zero attached hydrogens (tertiary/aromatic N) is 2. The number of thioether (sulfide) groups is 1. The van der Waals surface area contributed by atoms with Crippen LogP contribution in [0.3, 0.4) is 0 Å². The molecule has 0 spiro atoms. The molecular weight excluding hydrogens is 334 g/mol. The Balaban J connectivity index is 2.04. The molecule has 1 heterocycles. The maximum atomic E-state index is 11.4. The molecule has 1 fully saturated rings. The first-order chi connectivity index (χ1) is 11.6. The first kappa shape index (κ1) is 17.8. The zero-order chi connectivity index (χ0) is 17.4. The van der Waals surface area contributed by atoms with Crippen molar-refractivity contribution >= 4 is 35.0 Å². The minimum Gasteiger partial charge on any atom is -0.493 e. The van der Waals surface area contributed by atoms with Gasteiger partial charge in [-0.15, -0.1) is 5.10 Å². The number of nitrogens with one attached hydrogen (secondary N) is 1. The highest BCUT2D eigenvalue weighted by Gasteiger charge is 2.16. The molecule has 0 unspecified atom stereocenters. The molecule has 0 atom stereocenters. The second kappa shape index (κ2) is 8.92. The van der Waals surface area contributed by atoms with E-state index in [1.807, 2.05) is 0 Å². The number of rotatable bonds is 7. The molecule has 0 saturated carbocycles. The SMILES string of the molecule is CCOC(=O)COc1cc(C=NN=C2NC(=O)CS2)ccc1OC. The van der Waals surface area contributed by atoms with Crippen LogP contribution in [0.25, 0.3) is 0 Å². The van der Waals surface area contributed by atoms with Crippen molar-refractivity contribution in [1.29, 1.82) is 0 Å². The number of ether oxygens (including phenoxy) is 3. The maximum Gasteiger partial charge on any atom is 0.344 e. The van der Waals surface area contributed by atoms with Gasteiger partial charge in [-0.05, 0) is 30.7 Å². The van der Waals surface area contributed by atoms with E-state index in [9.17, 15) is 9.59 Å². The van der Waals surface area contributed by atoms with Gasteiger partial charge in [-0.1, -0.05) is 11.8 Å². The normalized spacial score (nSPS) is 15.6. The van der Waals surface area contributed by atoms with E-state index in [0.29, 0.717) is 34.6 Å². The topological polar surface area (TPSA) is 98.6 Å². The Bertz CT molecular complexity index is 675. The largest absolute Gasteiger partial charge is 0.493 e. The fourth-order valence-electron chi connectivity index (χ4n) is 1.75. The summed E-state index contributed by atoms with van der Waals surface area (Å²) in [6.45, 7) is 1.80. The molecule has 0 aromatic heterocycles. The smallest absolute Gasteiger partial charge is 0.344 e. The second-order valence-electron chi connectivity index (χ2n) is 4.49. The van der Waals surface area contributed by atoms with E-state index in [0.717, 1.165) is 0 Å². The molecule has 1 amide bonds. The molecule has 128 valence electrons. The summed E-state index contributed by atoms with van der Waals surface area (Å²) in [6.07, 6.45) is 1.51. The molecule has 1 aromatic carbocycles. The van der Waals surface area contributed by atoms with E-state index in [4.69, 9.17) is 14.2 Å². The molecule has 0 bridgehead atoms. The number of benzene rings is 1. The lowest BCUT2D eigenvalue weighted by atomic mass is 10.2. The van der Waals surface area contributed by atoms with Gasteiger partial charge in [0.05, 0.1) is 25.7 Å². The highest BCUT2D eigenvalue weighted by molar-refractivity contribution is 8.15. The zero-order valence-corrected chi connectivity index (χ0v) is 14.1. The van der Waals surface area contributed by atoms with Crippen molar-refractivity contribution in [3.05, 3.63) is 23.8 Å². The highest BCUT2D eigenvalue weighted by Crippen LogP contribution is 2.27. The van der Waals surface area contributed by atoms with E-state index < -0.39 is 5.97 Å². The van der Waals surface area contributed by atoms with Gasteiger partial charge in [0.2, 0.25) is 5.91 Å². The molecule has 9 heteroatoms. The van der Waals surface area contributed by atoms with Gasteiger partial charge in [-0.3, -0.25) is 4.79 Å². The van der Waals surface area contributed by atoms with Crippen LogP contribution in [0.4, 0.5) is 0 Å². The standard InChI is InChI=1S/C15H17N3O5S/c1-3-22-14(20)8-23-12-6-10(4-5-11(12)21-2)7-16-18-15-17-13(19)9-24-15/h4-7H,3,8-9H2,1-2H3,(H,17,18,19). The number of methoxy groups -OCH3 is 1. The van der Waals surface area contributed by atoms with Gasteiger partial charge in [0, 0.05) is 0 Å². The average Bonchev–Trinajstić information content (AvgIpc) is 2.99. The predicted octanol–water partition coefficient (Wildman–Crippen LogP) is 1.19. The summed E-state index contributed by atoms with van der Waals surface area (Å²) < 4.78 is 15.4. The molecule has 8 nitrogen and oxygen atoms in total. The van der Waals surface area contributed by atoms with Crippen LogP contribution in [-0.4, -0.2) is 49.3 Å². The molecule has 0 radical (unpaired) electrons. The molecule has 1 aromatic rings. The van der Waals surface area contributed by atoms with Crippen molar-refractivity contribution in [2.24, 2.45) is 10.2 Å². The van der Waals surface area contributed by atoms with Crippen LogP contribution in [0.5, 0.6) is 11.5 Å². The second-order valence-corrected chi connectivity index (χ2v) is 5.45. The number of hydrogen-bond acceptors (Lipinski definition) is 8. The third kappa shape index (κ3) is 5.27. The lowest BCUT2D eigenvalue weighted by Crippen LogP contribution is -2.19. The molecule has 2 rings (SSSR count). The minimum atomic E-state index is -0.459. The molecule has 1 aliphatic rings. The highest BCUT2D eigenvalue weighted by atomic mass is 32.2. The number of carbonyl (C=O) groups excluding carboxylic acids is 2. The van der Waals surface area contributed by atoms with Crippen LogP contribution in [-0.2, 0) is 14.3 Å². The molecule has 24 heavy (non-hydrogen) atoms. The minimum absolute atomic E-state index is 0.0898. The van der Waals surface area contributed by atoms with Gasteiger partial charge < -0.3 is 19.5 Å². The Labute approximate surface area is 143 Å². The number of hydrogen-bond donors (Lipinski definition) is 1. The van der Waals surface area contributed by atoms with Crippen LogP contribution < -0.4 is 14.8 Å². The summed E-state index contributed by atoms with van der Waals surface area (Å²) in [4.78, 5) is 22.4. The summed E-state index contributed by atoms with van der Waals surface area (Å²) >= 11 is 1.29. The fourth-order valence-corrected chi connectivity index (χ4v) is 2.38. The van der Waals surface area contributed by atoms with Crippen molar-refractivity contribution in [1.82, 2.24) is 5.32 Å². The Kier molecular flexibility index (Phi) is 6.62. The Morgan fingerprint density at radius 2 is 2.25 bits per heavy atom. The van der Waals surface area contributed by atoms with Crippen molar-refractivity contribution in [3.8, 4) is 11.5 Å². The van der Waals surface area contributed by atoms with Gasteiger partial charge in [0.25, 0.3) is 0 Å². The van der Waals surface area contributed by atoms with Gasteiger partial charge in [0.15, 0.2) is 23.3 Å². The third-order valence-corrected chi connectivity index (χ3v) is 3.64. The van der Waals surface area contributed by atoms with Crippen LogP contribution in [0.15, 0.2) is 28.4 Å². The summed E-state index contributed by atoms with van der Waals surface area (Å²) in [5.74, 6) is 0.682. The van der Waals surface area contributed by atoms with E-state index >= 15 is 0 Å². The predicted molar refractivity (Wildman–Crippen MR) is 90.8 cm³/mol. The molecule has 1 N–H and O–H groups in total. The van der Waals surface area contributed by atoms with Gasteiger partial charge in [0.1, 0.15) is 0 Å². The lowest BCUT2D eigenvalue weighted by Gasteiger charge is -2.10. The van der Waals surface area contributed by atoms with Crippen LogP contribution in [0.2, 0.25) is 0 Å². The maximum absolute atomic E-state index is 11.4. The molecule has 1 aliphatic heterocycles. The van der Waals surface area contributed by atoms with Crippen LogP contribution in [0.1, 0.15) is 12.5 Å². The van der Waals surface area contributed by atoms with Crippen molar-refractivity contribution in [2.75, 3.05) is 26.1 Å². The van der Waals surface area contributed by atoms with Crippen LogP contribution in [0, 0.1) is 0 Å². The summed E-state index contributed by atoms with van der Waals surface area (Å²) in [6, 6.07) is 5.13. The fraction of sp³-hybridized carbons (Fsp3) is 0.333. The monoisotopic (exact) mass is 351 g/mol. The van der Waals surface area contributed by atoms with Gasteiger partial charge in [-0.2, -0.15) is 5.10 Å². The van der Waals surface area contributed by atoms with Gasteiger partial charge >= 0.3 is 5.97 Å². The Hall–Kier alpha value is -2.55. The van der Waals surface area contributed by atoms with E-state index in [-0.39, 0.29) is 12.5 Å². The lowest BCUT2D eigenvalue weighted by molar-refractivity contribution is -0.145. The quantitative estimate of drug-likeness (QED) is 0.450. The van der Waals surface area contributed by atoms with E-state index in [2.05, 4.69) is 15.5 Å². The zero-order valence-electron chi connectivity index (χ0n) is 13.3. The van der Waals surface area contributed by atoms with Gasteiger partial charge in [-0.25, -0.2) is 4.79 Å². The van der Waals surface area contributed by atoms with Crippen molar-refractivity contribution in [3.63, 3.8) is 0 Å². The summed E-state index contributed by atoms with van der Waals surface area (Å²) in [7, 11) is 1.51. The number of amides is 1. The Morgan fingerprint density at radius 3 is 2.92 bits per heavy atom. The van der Waals surface area contributed by atoms with Crippen molar-refractivity contribution in [2.45, 2.75) is 6.92 Å². The Morgan fingerprint density at radius 1 is 1.42 bits per heavy atom. The summed E-state index contributed by atoms with van der Waals surface area (Å²) in [5.41, 5.74) is 0.702. The molecule has 0 aliphatic carbocycles. The number of amidine groups is 1. The first-order valence-corrected chi connectivity index (χ1v) is 8.11. The van der Waals surface area contributed by atoms with E-state index in [1.54, 1.807) is 25.1 Å². The summed E-state index contributed by atoms with van der Waals surface area (Å²) in [5, 5.41) is 10.9. The number of carbonyl (C=O) groups is 2.